The van der Waals surface area contributed by atoms with E-state index in [1.54, 1.807) is 48.5 Å². The minimum atomic E-state index is -0.926. The van der Waals surface area contributed by atoms with Gasteiger partial charge in [0.1, 0.15) is 23.3 Å². The van der Waals surface area contributed by atoms with Gasteiger partial charge in [0.2, 0.25) is 17.7 Å². The molecule has 12 nitrogen and oxygen atoms in total. The number of nitrogens with one attached hydrogen (secondary N) is 1. The van der Waals surface area contributed by atoms with E-state index in [0.717, 1.165) is 28.0 Å². The third kappa shape index (κ3) is 5.01. The molecule has 3 amide bonds. The first kappa shape index (κ1) is 29.1. The van der Waals surface area contributed by atoms with E-state index in [1.807, 2.05) is 0 Å². The van der Waals surface area contributed by atoms with Crippen LogP contribution in [0.2, 0.25) is 0 Å². The molecule has 0 radical (unpaired) electrons. The standard InChI is InChI=1S/C30H24N4O8S2/c1-41-19-13-7-16(8-14-19)31-22(35)15-32-29-26(44-30(32)38)23(20-5-3-4-6-21(20)42-2)24-25(43-29)28(37)33(27(24)36)17-9-11-18(12-10-17)34(39)40/h3-14,23-25H,15H2,1-2H3,(H,31,35)/t23-,24-,25+/m0/s1. The molecule has 0 spiro atoms. The van der Waals surface area contributed by atoms with Crippen LogP contribution in [0.1, 0.15) is 16.4 Å². The summed E-state index contributed by atoms with van der Waals surface area (Å²) < 4.78 is 12.1. The summed E-state index contributed by atoms with van der Waals surface area (Å²) in [5, 5.41) is 13.4. The lowest BCUT2D eigenvalue weighted by atomic mass is 9.82. The lowest BCUT2D eigenvalue weighted by Crippen LogP contribution is -2.33. The molecule has 44 heavy (non-hydrogen) atoms. The molecule has 4 aromatic rings. The van der Waals surface area contributed by atoms with Crippen LogP contribution in [0, 0.1) is 16.0 Å². The number of ether oxygens (including phenoxy) is 2. The molecule has 224 valence electrons. The number of non-ortho nitro benzene ring substituents is 1. The quantitative estimate of drug-likeness (QED) is 0.171. The number of nitro groups is 1. The van der Waals surface area contributed by atoms with E-state index in [0.29, 0.717) is 32.7 Å². The fraction of sp³-hybridized carbons (Fsp3) is 0.200. The van der Waals surface area contributed by atoms with E-state index in [2.05, 4.69) is 5.32 Å². The van der Waals surface area contributed by atoms with Crippen molar-refractivity contribution in [1.29, 1.82) is 0 Å². The molecule has 1 N–H and O–H groups in total. The Bertz CT molecular complexity index is 1850. The zero-order valence-corrected chi connectivity index (χ0v) is 24.9. The van der Waals surface area contributed by atoms with Crippen LogP contribution in [0.15, 0.2) is 82.6 Å². The summed E-state index contributed by atoms with van der Waals surface area (Å²) in [4.78, 5) is 66.2. The predicted molar refractivity (Wildman–Crippen MR) is 164 cm³/mol. The van der Waals surface area contributed by atoms with Gasteiger partial charge in [-0.15, -0.1) is 0 Å². The number of methoxy groups -OCH3 is 2. The Hall–Kier alpha value is -4.95. The molecule has 0 unspecified atom stereocenters. The zero-order chi connectivity index (χ0) is 31.1. The highest BCUT2D eigenvalue weighted by Crippen LogP contribution is 2.55. The van der Waals surface area contributed by atoms with Crippen LogP contribution < -0.4 is 24.6 Å². The maximum atomic E-state index is 14.0. The van der Waals surface area contributed by atoms with Crippen LogP contribution in [0.5, 0.6) is 11.5 Å². The fourth-order valence-electron chi connectivity index (χ4n) is 5.51. The van der Waals surface area contributed by atoms with Gasteiger partial charge in [-0.2, -0.15) is 0 Å². The molecule has 14 heteroatoms. The maximum Gasteiger partial charge on any atom is 0.308 e. The molecule has 1 fully saturated rings. The van der Waals surface area contributed by atoms with Crippen LogP contribution >= 0.6 is 23.1 Å². The SMILES string of the molecule is COc1ccc(NC(=O)Cn2c3c(sc2=O)[C@@H](c2ccccc2OC)[C@@H]2C(=O)N(c4ccc([N+](=O)[O-])cc4)C(=O)[C@@H]2S3)cc1. The topological polar surface area (TPSA) is 150 Å². The average molecular weight is 633 g/mol. The maximum absolute atomic E-state index is 14.0. The summed E-state index contributed by atoms with van der Waals surface area (Å²) in [6.07, 6.45) is 0. The molecular formula is C30H24N4O8S2. The van der Waals surface area contributed by atoms with Crippen molar-refractivity contribution in [2.24, 2.45) is 5.92 Å². The monoisotopic (exact) mass is 632 g/mol. The van der Waals surface area contributed by atoms with Crippen LogP contribution in [-0.4, -0.2) is 46.7 Å². The summed E-state index contributed by atoms with van der Waals surface area (Å²) in [6.45, 7) is -0.312. The van der Waals surface area contributed by atoms with E-state index >= 15 is 0 Å². The molecule has 0 bridgehead atoms. The molecule has 3 heterocycles. The molecule has 3 atom stereocenters. The molecule has 1 saturated heterocycles. The van der Waals surface area contributed by atoms with Gasteiger partial charge >= 0.3 is 4.87 Å². The largest absolute Gasteiger partial charge is 0.497 e. The molecule has 2 aliphatic heterocycles. The van der Waals surface area contributed by atoms with E-state index in [4.69, 9.17) is 9.47 Å². The summed E-state index contributed by atoms with van der Waals surface area (Å²) in [5.41, 5.74) is 1.17. The normalized spacial score (nSPS) is 18.9. The van der Waals surface area contributed by atoms with E-state index in [1.165, 1.54) is 43.1 Å². The Morgan fingerprint density at radius 2 is 1.66 bits per heavy atom. The highest BCUT2D eigenvalue weighted by Gasteiger charge is 2.57. The number of para-hydroxylation sites is 1. The average Bonchev–Trinajstić information content (AvgIpc) is 3.47. The second-order valence-corrected chi connectivity index (χ2v) is 12.1. The summed E-state index contributed by atoms with van der Waals surface area (Å²) in [7, 11) is 3.03. The number of thiazole rings is 1. The summed E-state index contributed by atoms with van der Waals surface area (Å²) >= 11 is 2.00. The van der Waals surface area contributed by atoms with Gasteiger partial charge < -0.3 is 14.8 Å². The van der Waals surface area contributed by atoms with Gasteiger partial charge in [0.15, 0.2) is 0 Å². The number of nitro benzene ring substituents is 1. The fourth-order valence-corrected chi connectivity index (χ4v) is 8.27. The van der Waals surface area contributed by atoms with Crippen molar-refractivity contribution >= 4 is 57.9 Å². The Morgan fingerprint density at radius 3 is 2.32 bits per heavy atom. The number of aromatic nitrogens is 1. The molecule has 3 aromatic carbocycles. The molecule has 1 aromatic heterocycles. The molecule has 0 aliphatic carbocycles. The molecular weight excluding hydrogens is 608 g/mol. The van der Waals surface area contributed by atoms with Crippen LogP contribution in [0.4, 0.5) is 17.1 Å². The first-order chi connectivity index (χ1) is 21.2. The van der Waals surface area contributed by atoms with Gasteiger partial charge in [-0.1, -0.05) is 41.3 Å². The minimum Gasteiger partial charge on any atom is -0.497 e. The highest BCUT2D eigenvalue weighted by molar-refractivity contribution is 8.00. The van der Waals surface area contributed by atoms with Crippen LogP contribution in [0.3, 0.4) is 0 Å². The van der Waals surface area contributed by atoms with Crippen molar-refractivity contribution in [2.45, 2.75) is 22.7 Å². The number of hydrogen-bond donors (Lipinski definition) is 1. The van der Waals surface area contributed by atoms with E-state index in [9.17, 15) is 29.3 Å². The Morgan fingerprint density at radius 1 is 0.955 bits per heavy atom. The van der Waals surface area contributed by atoms with Gasteiger partial charge in [0.25, 0.3) is 5.69 Å². The number of fused-ring (bicyclic) bond motifs is 2. The van der Waals surface area contributed by atoms with Crippen LogP contribution in [-0.2, 0) is 20.9 Å². The van der Waals surface area contributed by atoms with Crippen molar-refractivity contribution in [2.75, 3.05) is 24.4 Å². The second-order valence-electron chi connectivity index (χ2n) is 9.97. The van der Waals surface area contributed by atoms with Crippen molar-refractivity contribution in [3.05, 3.63) is 103 Å². The van der Waals surface area contributed by atoms with Crippen molar-refractivity contribution in [3.63, 3.8) is 0 Å². The van der Waals surface area contributed by atoms with Gasteiger partial charge in [-0.25, -0.2) is 4.90 Å². The number of nitrogens with zero attached hydrogens (tertiary/aromatic N) is 3. The lowest BCUT2D eigenvalue weighted by molar-refractivity contribution is -0.384. The minimum absolute atomic E-state index is 0.175. The van der Waals surface area contributed by atoms with Crippen molar-refractivity contribution in [1.82, 2.24) is 4.57 Å². The number of imide groups is 1. The molecule has 2 aliphatic rings. The van der Waals surface area contributed by atoms with Crippen molar-refractivity contribution in [3.8, 4) is 11.5 Å². The number of carbonyl (C=O) groups is 3. The zero-order valence-electron chi connectivity index (χ0n) is 23.3. The number of carbonyl (C=O) groups excluding carboxylic acids is 3. The highest BCUT2D eigenvalue weighted by atomic mass is 32.2. The van der Waals surface area contributed by atoms with Gasteiger partial charge in [-0.3, -0.25) is 33.9 Å². The van der Waals surface area contributed by atoms with Crippen LogP contribution in [0.25, 0.3) is 0 Å². The number of anilines is 2. The van der Waals surface area contributed by atoms with Gasteiger partial charge in [-0.05, 0) is 42.5 Å². The third-order valence-corrected chi connectivity index (χ3v) is 10.1. The lowest BCUT2D eigenvalue weighted by Gasteiger charge is -2.31. The number of rotatable bonds is 8. The number of hydrogen-bond acceptors (Lipinski definition) is 10. The third-order valence-electron chi connectivity index (χ3n) is 7.52. The predicted octanol–water partition coefficient (Wildman–Crippen LogP) is 4.27. The Labute approximate surface area is 258 Å². The first-order valence-corrected chi connectivity index (χ1v) is 15.0. The van der Waals surface area contributed by atoms with E-state index < -0.39 is 44.6 Å². The molecule has 0 saturated carbocycles. The number of benzene rings is 3. The van der Waals surface area contributed by atoms with E-state index in [-0.39, 0.29) is 17.9 Å². The summed E-state index contributed by atoms with van der Waals surface area (Å²) in [5.74, 6) is -1.98. The smallest absolute Gasteiger partial charge is 0.308 e. The van der Waals surface area contributed by atoms with Gasteiger partial charge in [0, 0.05) is 34.2 Å². The second kappa shape index (κ2) is 11.6. The van der Waals surface area contributed by atoms with Crippen molar-refractivity contribution < 1.29 is 28.8 Å². The Kier molecular flexibility index (Phi) is 7.69. The molecule has 6 rings (SSSR count). The summed E-state index contributed by atoms with van der Waals surface area (Å²) in [6, 6.07) is 19.0. The number of thioether (sulfide) groups is 1. The Balaban J connectivity index is 1.40. The number of amides is 3. The first-order valence-electron chi connectivity index (χ1n) is 13.3. The van der Waals surface area contributed by atoms with Gasteiger partial charge in [0.05, 0.1) is 35.8 Å².